The molecule has 1 aromatic carbocycles. The van der Waals surface area contributed by atoms with Gasteiger partial charge in [-0.05, 0) is 36.5 Å². The topological polar surface area (TPSA) is 66.4 Å². The number of halogens is 4. The van der Waals surface area contributed by atoms with Gasteiger partial charge < -0.3 is 10.4 Å². The molecule has 2 N–H and O–H groups in total. The summed E-state index contributed by atoms with van der Waals surface area (Å²) >= 11 is 5.86. The fourth-order valence-electron chi connectivity index (χ4n) is 3.53. The molecular formula is C16H13ClF3NO3. The molecule has 0 aliphatic heterocycles. The molecule has 4 atom stereocenters. The van der Waals surface area contributed by atoms with E-state index in [2.05, 4.69) is 5.32 Å². The minimum absolute atomic E-state index is 0.0399. The number of hydrogen-bond acceptors (Lipinski definition) is 2. The molecule has 0 spiro atoms. The summed E-state index contributed by atoms with van der Waals surface area (Å²) in [6, 6.07) is 2.62. The monoisotopic (exact) mass is 359 g/mol. The number of carbonyl (C=O) groups is 2. The van der Waals surface area contributed by atoms with Crippen LogP contribution in [-0.2, 0) is 15.8 Å². The van der Waals surface area contributed by atoms with Crippen molar-refractivity contribution < 1.29 is 27.9 Å². The lowest BCUT2D eigenvalue weighted by atomic mass is 9.82. The highest BCUT2D eigenvalue weighted by molar-refractivity contribution is 6.33. The first-order valence-corrected chi connectivity index (χ1v) is 7.65. The molecule has 4 nitrogen and oxygen atoms in total. The number of fused-ring (bicyclic) bond motifs is 2. The van der Waals surface area contributed by atoms with Crippen molar-refractivity contribution in [3.63, 3.8) is 0 Å². The number of hydrogen-bond donors (Lipinski definition) is 2. The predicted molar refractivity (Wildman–Crippen MR) is 80.4 cm³/mol. The standard InChI is InChI=1S/C16H13ClF3NO3/c17-10-4-3-9(16(18,19)20)6-11(10)21-14(22)12-7-1-2-8(5-7)13(12)15(23)24/h1-4,6-8,12-13H,5H2,(H,21,22)(H,23,24)/t7-,8+,12-,13+/m0/s1. The van der Waals surface area contributed by atoms with Gasteiger partial charge in [0.05, 0.1) is 28.1 Å². The van der Waals surface area contributed by atoms with Crippen molar-refractivity contribution in [3.05, 3.63) is 40.9 Å². The molecule has 8 heteroatoms. The molecule has 2 aliphatic rings. The number of carboxylic acid groups (broad SMARTS) is 1. The zero-order valence-corrected chi connectivity index (χ0v) is 12.9. The predicted octanol–water partition coefficient (Wildman–Crippen LogP) is 3.82. The Hall–Kier alpha value is -2.02. The number of allylic oxidation sites excluding steroid dienone is 2. The molecule has 0 saturated heterocycles. The summed E-state index contributed by atoms with van der Waals surface area (Å²) in [7, 11) is 0. The highest BCUT2D eigenvalue weighted by Crippen LogP contribution is 2.48. The van der Waals surface area contributed by atoms with E-state index in [4.69, 9.17) is 11.6 Å². The van der Waals surface area contributed by atoms with Crippen molar-refractivity contribution >= 4 is 29.2 Å². The van der Waals surface area contributed by atoms with Gasteiger partial charge in [0.25, 0.3) is 0 Å². The maximum absolute atomic E-state index is 12.8. The molecule has 128 valence electrons. The van der Waals surface area contributed by atoms with Crippen LogP contribution in [-0.4, -0.2) is 17.0 Å². The summed E-state index contributed by atoms with van der Waals surface area (Å²) in [5.41, 5.74) is -1.11. The van der Waals surface area contributed by atoms with Gasteiger partial charge in [-0.15, -0.1) is 0 Å². The van der Waals surface area contributed by atoms with Crippen LogP contribution in [0, 0.1) is 23.7 Å². The highest BCUT2D eigenvalue weighted by atomic mass is 35.5. The number of nitrogens with one attached hydrogen (secondary N) is 1. The average molecular weight is 360 g/mol. The molecule has 0 aromatic heterocycles. The van der Waals surface area contributed by atoms with Gasteiger partial charge in [-0.2, -0.15) is 13.2 Å². The van der Waals surface area contributed by atoms with Crippen LogP contribution in [0.3, 0.4) is 0 Å². The highest BCUT2D eigenvalue weighted by Gasteiger charge is 2.51. The SMILES string of the molecule is O=C(Nc1cc(C(F)(F)F)ccc1Cl)[C@@H]1[C@H](C(=O)O)[C@@H]2C=C[C@H]1C2. The first-order valence-electron chi connectivity index (χ1n) is 7.27. The Bertz CT molecular complexity index is 732. The van der Waals surface area contributed by atoms with Crippen LogP contribution >= 0.6 is 11.6 Å². The molecule has 3 rings (SSSR count). The minimum Gasteiger partial charge on any atom is -0.481 e. The Morgan fingerprint density at radius 2 is 1.79 bits per heavy atom. The number of amides is 1. The number of carboxylic acids is 1. The second-order valence-electron chi connectivity index (χ2n) is 6.02. The minimum atomic E-state index is -4.57. The molecule has 0 unspecified atom stereocenters. The van der Waals surface area contributed by atoms with Crippen LogP contribution in [0.5, 0.6) is 0 Å². The Labute approximate surface area is 140 Å². The van der Waals surface area contributed by atoms with E-state index in [1.54, 1.807) is 12.2 Å². The lowest BCUT2D eigenvalue weighted by molar-refractivity contribution is -0.146. The van der Waals surface area contributed by atoms with Gasteiger partial charge in [0.1, 0.15) is 0 Å². The van der Waals surface area contributed by atoms with Crippen molar-refractivity contribution in [1.82, 2.24) is 0 Å². The zero-order valence-electron chi connectivity index (χ0n) is 12.2. The molecule has 1 aromatic rings. The Kier molecular flexibility index (Phi) is 4.07. The molecule has 1 amide bonds. The van der Waals surface area contributed by atoms with Crippen molar-refractivity contribution in [2.75, 3.05) is 5.32 Å². The quantitative estimate of drug-likeness (QED) is 0.806. The summed E-state index contributed by atoms with van der Waals surface area (Å²) < 4.78 is 38.4. The van der Waals surface area contributed by atoms with Gasteiger partial charge in [-0.1, -0.05) is 23.8 Å². The number of benzene rings is 1. The normalized spacial score (nSPS) is 28.2. The summed E-state index contributed by atoms with van der Waals surface area (Å²) in [6.07, 6.45) is -0.430. The molecule has 2 bridgehead atoms. The Balaban J connectivity index is 1.85. The molecular weight excluding hydrogens is 347 g/mol. The van der Waals surface area contributed by atoms with Crippen LogP contribution in [0.4, 0.5) is 18.9 Å². The Morgan fingerprint density at radius 3 is 2.38 bits per heavy atom. The van der Waals surface area contributed by atoms with Gasteiger partial charge in [-0.3, -0.25) is 9.59 Å². The number of anilines is 1. The first-order chi connectivity index (χ1) is 11.2. The molecule has 0 heterocycles. The van der Waals surface area contributed by atoms with Gasteiger partial charge in [0, 0.05) is 0 Å². The van der Waals surface area contributed by atoms with E-state index >= 15 is 0 Å². The van der Waals surface area contributed by atoms with Gasteiger partial charge in [0.15, 0.2) is 0 Å². The van der Waals surface area contributed by atoms with E-state index in [1.165, 1.54) is 0 Å². The third-order valence-electron chi connectivity index (χ3n) is 4.60. The summed E-state index contributed by atoms with van der Waals surface area (Å²) in [6.45, 7) is 0. The number of carbonyl (C=O) groups excluding carboxylic acids is 1. The van der Waals surface area contributed by atoms with Gasteiger partial charge in [0.2, 0.25) is 5.91 Å². The summed E-state index contributed by atoms with van der Waals surface area (Å²) in [5, 5.41) is 11.7. The second-order valence-corrected chi connectivity index (χ2v) is 6.43. The van der Waals surface area contributed by atoms with Crippen LogP contribution in [0.1, 0.15) is 12.0 Å². The zero-order chi connectivity index (χ0) is 17.6. The largest absolute Gasteiger partial charge is 0.481 e. The van der Waals surface area contributed by atoms with E-state index < -0.39 is 35.5 Å². The average Bonchev–Trinajstić information content (AvgIpc) is 3.08. The molecule has 1 fully saturated rings. The molecule has 1 saturated carbocycles. The van der Waals surface area contributed by atoms with Crippen LogP contribution in [0.25, 0.3) is 0 Å². The number of rotatable bonds is 3. The fraction of sp³-hybridized carbons (Fsp3) is 0.375. The van der Waals surface area contributed by atoms with Crippen molar-refractivity contribution in [2.24, 2.45) is 23.7 Å². The van der Waals surface area contributed by atoms with E-state index in [-0.39, 0.29) is 22.5 Å². The Morgan fingerprint density at radius 1 is 1.17 bits per heavy atom. The van der Waals surface area contributed by atoms with Crippen molar-refractivity contribution in [3.8, 4) is 0 Å². The number of alkyl halides is 3. The lowest BCUT2D eigenvalue weighted by Crippen LogP contribution is -2.36. The third-order valence-corrected chi connectivity index (χ3v) is 4.93. The third kappa shape index (κ3) is 2.88. The van der Waals surface area contributed by atoms with Crippen LogP contribution in [0.2, 0.25) is 5.02 Å². The number of aliphatic carboxylic acids is 1. The van der Waals surface area contributed by atoms with Crippen LogP contribution in [0.15, 0.2) is 30.4 Å². The van der Waals surface area contributed by atoms with E-state index in [0.717, 1.165) is 18.2 Å². The molecule has 0 radical (unpaired) electrons. The lowest BCUT2D eigenvalue weighted by Gasteiger charge is -2.24. The maximum atomic E-state index is 12.8. The van der Waals surface area contributed by atoms with E-state index in [9.17, 15) is 27.9 Å². The fourth-order valence-corrected chi connectivity index (χ4v) is 3.69. The van der Waals surface area contributed by atoms with Crippen LogP contribution < -0.4 is 5.32 Å². The smallest absolute Gasteiger partial charge is 0.416 e. The molecule has 24 heavy (non-hydrogen) atoms. The van der Waals surface area contributed by atoms with Crippen molar-refractivity contribution in [1.29, 1.82) is 0 Å². The first kappa shape index (κ1) is 16.8. The molecule has 2 aliphatic carbocycles. The van der Waals surface area contributed by atoms with E-state index in [0.29, 0.717) is 6.42 Å². The second kappa shape index (κ2) is 5.81. The van der Waals surface area contributed by atoms with E-state index in [1.807, 2.05) is 0 Å². The van der Waals surface area contributed by atoms with Gasteiger partial charge in [-0.25, -0.2) is 0 Å². The van der Waals surface area contributed by atoms with Gasteiger partial charge >= 0.3 is 12.1 Å². The summed E-state index contributed by atoms with van der Waals surface area (Å²) in [4.78, 5) is 23.9. The van der Waals surface area contributed by atoms with Crippen molar-refractivity contribution in [2.45, 2.75) is 12.6 Å². The maximum Gasteiger partial charge on any atom is 0.416 e. The summed E-state index contributed by atoms with van der Waals surface area (Å²) in [5.74, 6) is -3.84.